The first kappa shape index (κ1) is 23.0. The predicted octanol–water partition coefficient (Wildman–Crippen LogP) is 5.78. The van der Waals surface area contributed by atoms with Gasteiger partial charge >= 0.3 is 0 Å². The van der Waals surface area contributed by atoms with Gasteiger partial charge in [0.25, 0.3) is 5.09 Å². The van der Waals surface area contributed by atoms with Gasteiger partial charge in [0.15, 0.2) is 0 Å². The number of thioether (sulfide) groups is 1. The second-order valence-electron chi connectivity index (χ2n) is 5.95. The standard InChI is InChI=1S/C19H17Cl2FN2S.HNO3/c20-17-2-1-3-18(21)19(17)25-16(12-24-11-10-23-13-24)9-6-14-4-7-15(22)8-5-14;2-1(3)4/h1-5,7-8,10-11,13,16H,6,9,12H2;(H,2,3,4). The number of imidazole rings is 1. The van der Waals surface area contributed by atoms with E-state index in [0.717, 1.165) is 29.8 Å². The molecule has 0 fully saturated rings. The van der Waals surface area contributed by atoms with Gasteiger partial charge in [-0.15, -0.1) is 21.9 Å². The van der Waals surface area contributed by atoms with E-state index < -0.39 is 5.09 Å². The predicted molar refractivity (Wildman–Crippen MR) is 112 cm³/mol. The Morgan fingerprint density at radius 1 is 1.21 bits per heavy atom. The van der Waals surface area contributed by atoms with Crippen LogP contribution in [0.2, 0.25) is 10.0 Å². The Morgan fingerprint density at radius 2 is 1.83 bits per heavy atom. The molecule has 0 aliphatic rings. The number of hydrogen-bond acceptors (Lipinski definition) is 4. The number of rotatable bonds is 7. The van der Waals surface area contributed by atoms with E-state index in [9.17, 15) is 4.39 Å². The van der Waals surface area contributed by atoms with Gasteiger partial charge in [0.2, 0.25) is 0 Å². The normalized spacial score (nSPS) is 11.4. The lowest BCUT2D eigenvalue weighted by Crippen LogP contribution is -2.13. The molecular weight excluding hydrogens is 440 g/mol. The molecule has 1 unspecified atom stereocenters. The minimum Gasteiger partial charge on any atom is -0.336 e. The Bertz CT molecular complexity index is 887. The number of benzene rings is 2. The van der Waals surface area contributed by atoms with Gasteiger partial charge in [0.05, 0.1) is 16.4 Å². The largest absolute Gasteiger partial charge is 0.336 e. The highest BCUT2D eigenvalue weighted by Crippen LogP contribution is 2.38. The highest BCUT2D eigenvalue weighted by Gasteiger charge is 2.16. The first-order valence-electron chi connectivity index (χ1n) is 8.49. The van der Waals surface area contributed by atoms with E-state index in [1.807, 2.05) is 41.1 Å². The fourth-order valence-electron chi connectivity index (χ4n) is 2.56. The van der Waals surface area contributed by atoms with Crippen molar-refractivity contribution < 1.29 is 14.7 Å². The van der Waals surface area contributed by atoms with Crippen LogP contribution in [-0.2, 0) is 13.0 Å². The summed E-state index contributed by atoms with van der Waals surface area (Å²) in [5.74, 6) is -0.212. The molecule has 2 aromatic carbocycles. The van der Waals surface area contributed by atoms with Crippen LogP contribution in [-0.4, -0.2) is 25.1 Å². The Hall–Kier alpha value is -2.29. The van der Waals surface area contributed by atoms with Gasteiger partial charge in [-0.1, -0.05) is 41.4 Å². The van der Waals surface area contributed by atoms with Crippen LogP contribution in [0.25, 0.3) is 0 Å². The number of hydrogen-bond donors (Lipinski definition) is 1. The van der Waals surface area contributed by atoms with Crippen molar-refractivity contribution in [2.24, 2.45) is 0 Å². The summed E-state index contributed by atoms with van der Waals surface area (Å²) in [7, 11) is 0. The van der Waals surface area contributed by atoms with E-state index in [1.165, 1.54) is 12.1 Å². The lowest BCUT2D eigenvalue weighted by molar-refractivity contribution is -0.742. The van der Waals surface area contributed by atoms with Crippen molar-refractivity contribution >= 4 is 35.0 Å². The Balaban J connectivity index is 0.000000687. The molecule has 0 saturated carbocycles. The van der Waals surface area contributed by atoms with Crippen LogP contribution in [0.5, 0.6) is 0 Å². The second kappa shape index (κ2) is 11.6. The summed E-state index contributed by atoms with van der Waals surface area (Å²) in [5, 5.41) is 15.2. The molecule has 0 spiro atoms. The number of nitrogens with zero attached hydrogens (tertiary/aromatic N) is 3. The zero-order valence-corrected chi connectivity index (χ0v) is 17.4. The molecule has 3 rings (SSSR count). The van der Waals surface area contributed by atoms with Crippen LogP contribution >= 0.6 is 35.0 Å². The molecule has 0 bridgehead atoms. The molecule has 1 aromatic heterocycles. The maximum absolute atomic E-state index is 13.1. The summed E-state index contributed by atoms with van der Waals surface area (Å²) in [6.45, 7) is 0.799. The number of aryl methyl sites for hydroxylation is 1. The molecule has 0 aliphatic heterocycles. The summed E-state index contributed by atoms with van der Waals surface area (Å²) in [6.07, 6.45) is 7.29. The molecule has 1 N–H and O–H groups in total. The first-order valence-corrected chi connectivity index (χ1v) is 10.1. The molecule has 3 aromatic rings. The van der Waals surface area contributed by atoms with Crippen LogP contribution in [0.15, 0.2) is 66.1 Å². The molecule has 0 radical (unpaired) electrons. The Kier molecular flexibility index (Phi) is 9.24. The molecule has 0 amide bonds. The zero-order chi connectivity index (χ0) is 21.2. The minimum absolute atomic E-state index is 0.212. The van der Waals surface area contributed by atoms with E-state index in [2.05, 4.69) is 4.98 Å². The monoisotopic (exact) mass is 457 g/mol. The summed E-state index contributed by atoms with van der Waals surface area (Å²) in [4.78, 5) is 13.4. The minimum atomic E-state index is -1.50. The lowest BCUT2D eigenvalue weighted by atomic mass is 10.1. The number of aromatic nitrogens is 2. The molecule has 0 saturated heterocycles. The molecule has 29 heavy (non-hydrogen) atoms. The average molecular weight is 458 g/mol. The van der Waals surface area contributed by atoms with Gasteiger partial charge < -0.3 is 9.77 Å². The Morgan fingerprint density at radius 3 is 2.38 bits per heavy atom. The molecule has 10 heteroatoms. The third-order valence-corrected chi connectivity index (χ3v) is 6.09. The highest BCUT2D eigenvalue weighted by molar-refractivity contribution is 8.00. The lowest BCUT2D eigenvalue weighted by Gasteiger charge is -2.19. The van der Waals surface area contributed by atoms with Gasteiger partial charge in [0, 0.05) is 29.1 Å². The van der Waals surface area contributed by atoms with Crippen LogP contribution in [0, 0.1) is 15.9 Å². The zero-order valence-electron chi connectivity index (χ0n) is 15.1. The maximum atomic E-state index is 13.1. The van der Waals surface area contributed by atoms with Crippen molar-refractivity contribution in [3.8, 4) is 0 Å². The third kappa shape index (κ3) is 8.31. The van der Waals surface area contributed by atoms with Crippen LogP contribution in [0.4, 0.5) is 4.39 Å². The van der Waals surface area contributed by atoms with Gasteiger partial charge in [0.1, 0.15) is 5.82 Å². The van der Waals surface area contributed by atoms with Crippen molar-refractivity contribution in [1.29, 1.82) is 0 Å². The summed E-state index contributed by atoms with van der Waals surface area (Å²) in [6, 6.07) is 12.2. The van der Waals surface area contributed by atoms with Crippen molar-refractivity contribution in [1.82, 2.24) is 9.55 Å². The number of halogens is 3. The van der Waals surface area contributed by atoms with E-state index >= 15 is 0 Å². The molecular formula is C19H18Cl2FN3O3S. The van der Waals surface area contributed by atoms with E-state index in [-0.39, 0.29) is 11.1 Å². The molecule has 6 nitrogen and oxygen atoms in total. The van der Waals surface area contributed by atoms with Gasteiger partial charge in [-0.05, 0) is 42.7 Å². The SMILES string of the molecule is Fc1ccc(CCC(Cn2ccnc2)Sc2c(Cl)cccc2Cl)cc1.O=[N+]([O-])O. The molecule has 1 atom stereocenters. The maximum Gasteiger partial charge on any atom is 0.291 e. The van der Waals surface area contributed by atoms with Crippen LogP contribution < -0.4 is 0 Å². The Labute approximate surface area is 181 Å². The third-order valence-electron chi connectivity index (χ3n) is 3.85. The highest BCUT2D eigenvalue weighted by atomic mass is 35.5. The first-order chi connectivity index (χ1) is 13.8. The fraction of sp³-hybridized carbons (Fsp3) is 0.211. The van der Waals surface area contributed by atoms with Crippen molar-refractivity contribution in [2.75, 3.05) is 0 Å². The topological polar surface area (TPSA) is 81.2 Å². The summed E-state index contributed by atoms with van der Waals surface area (Å²) >= 11 is 14.3. The molecule has 0 aliphatic carbocycles. The molecule has 154 valence electrons. The van der Waals surface area contributed by atoms with Crippen LogP contribution in [0.1, 0.15) is 12.0 Å². The average Bonchev–Trinajstić information content (AvgIpc) is 3.16. The quantitative estimate of drug-likeness (QED) is 0.276. The van der Waals surface area contributed by atoms with Crippen molar-refractivity contribution in [2.45, 2.75) is 29.5 Å². The molecule has 1 heterocycles. The summed E-state index contributed by atoms with van der Waals surface area (Å²) < 4.78 is 15.1. The van der Waals surface area contributed by atoms with E-state index in [0.29, 0.717) is 10.0 Å². The van der Waals surface area contributed by atoms with E-state index in [1.54, 1.807) is 24.3 Å². The summed E-state index contributed by atoms with van der Waals surface area (Å²) in [5.41, 5.74) is 1.11. The smallest absolute Gasteiger partial charge is 0.291 e. The van der Waals surface area contributed by atoms with Crippen LogP contribution in [0.3, 0.4) is 0 Å². The fourth-order valence-corrected chi connectivity index (χ4v) is 4.40. The van der Waals surface area contributed by atoms with Gasteiger partial charge in [-0.3, -0.25) is 0 Å². The van der Waals surface area contributed by atoms with Gasteiger partial charge in [-0.25, -0.2) is 9.37 Å². The van der Waals surface area contributed by atoms with E-state index in [4.69, 9.17) is 38.5 Å². The van der Waals surface area contributed by atoms with Crippen molar-refractivity contribution in [3.05, 3.63) is 92.7 Å². The van der Waals surface area contributed by atoms with Crippen molar-refractivity contribution in [3.63, 3.8) is 0 Å². The van der Waals surface area contributed by atoms with Gasteiger partial charge in [-0.2, -0.15) is 0 Å². The second-order valence-corrected chi connectivity index (χ2v) is 8.08.